The van der Waals surface area contributed by atoms with Crippen LogP contribution in [0.1, 0.15) is 39.5 Å². The van der Waals surface area contributed by atoms with Crippen LogP contribution >= 0.6 is 0 Å². The molecule has 0 aromatic heterocycles. The monoisotopic (exact) mass is 344 g/mol. The fourth-order valence-electron chi connectivity index (χ4n) is 2.70. The van der Waals surface area contributed by atoms with Crippen LogP contribution in [0.3, 0.4) is 0 Å². The topological polar surface area (TPSA) is 92.3 Å². The molecule has 2 amide bonds. The van der Waals surface area contributed by atoms with Gasteiger partial charge in [-0.2, -0.15) is 0 Å². The summed E-state index contributed by atoms with van der Waals surface area (Å²) in [5.41, 5.74) is 0. The molecule has 0 aliphatic heterocycles. The van der Waals surface area contributed by atoms with E-state index in [0.717, 1.165) is 25.7 Å². The van der Waals surface area contributed by atoms with Gasteiger partial charge in [0.25, 0.3) is 0 Å². The van der Waals surface area contributed by atoms with E-state index in [0.29, 0.717) is 11.8 Å². The highest BCUT2D eigenvalue weighted by Crippen LogP contribution is 2.37. The molecule has 2 saturated carbocycles. The van der Waals surface area contributed by atoms with Gasteiger partial charge in [0.05, 0.1) is 11.5 Å². The van der Waals surface area contributed by atoms with Crippen LogP contribution in [0.2, 0.25) is 0 Å². The van der Waals surface area contributed by atoms with E-state index in [1.54, 1.807) is 0 Å². The van der Waals surface area contributed by atoms with E-state index in [-0.39, 0.29) is 48.2 Å². The van der Waals surface area contributed by atoms with Crippen molar-refractivity contribution in [2.24, 2.45) is 23.7 Å². The highest BCUT2D eigenvalue weighted by molar-refractivity contribution is 7.91. The van der Waals surface area contributed by atoms with E-state index >= 15 is 0 Å². The van der Waals surface area contributed by atoms with Crippen LogP contribution < -0.4 is 10.6 Å². The summed E-state index contributed by atoms with van der Waals surface area (Å²) in [5.74, 6) is 0.602. The number of amides is 2. The summed E-state index contributed by atoms with van der Waals surface area (Å²) in [7, 11) is -3.26. The van der Waals surface area contributed by atoms with Crippen molar-refractivity contribution in [2.75, 3.05) is 24.6 Å². The Kier molecular flexibility index (Phi) is 6.06. The summed E-state index contributed by atoms with van der Waals surface area (Å²) in [6.07, 6.45) is 4.36. The third-order valence-electron chi connectivity index (χ3n) is 4.91. The van der Waals surface area contributed by atoms with Crippen LogP contribution in [-0.2, 0) is 19.4 Å². The zero-order chi connectivity index (χ0) is 17.0. The molecule has 0 saturated heterocycles. The van der Waals surface area contributed by atoms with Gasteiger partial charge in [0, 0.05) is 24.9 Å². The molecule has 0 spiro atoms. The van der Waals surface area contributed by atoms with Gasteiger partial charge in [0.2, 0.25) is 11.8 Å². The second-order valence-electron chi connectivity index (χ2n) is 6.99. The standard InChI is InChI=1S/C16H28N2O4S/c1-11(13-3-4-13)15(19)17-7-9-23(21,22)10-8-18-16(20)12(2)14-5-6-14/h11-14H,3-10H2,1-2H3,(H,17,19)(H,18,20). The second kappa shape index (κ2) is 7.64. The van der Waals surface area contributed by atoms with Crippen molar-refractivity contribution < 1.29 is 18.0 Å². The molecule has 2 aliphatic carbocycles. The van der Waals surface area contributed by atoms with Gasteiger partial charge in [-0.3, -0.25) is 9.59 Å². The Morgan fingerprint density at radius 1 is 0.870 bits per heavy atom. The minimum absolute atomic E-state index is 0.0269. The summed E-state index contributed by atoms with van der Waals surface area (Å²) < 4.78 is 23.8. The molecular formula is C16H28N2O4S. The lowest BCUT2D eigenvalue weighted by atomic mass is 10.1. The zero-order valence-corrected chi connectivity index (χ0v) is 14.8. The van der Waals surface area contributed by atoms with E-state index < -0.39 is 9.84 Å². The summed E-state index contributed by atoms with van der Waals surface area (Å²) >= 11 is 0. The summed E-state index contributed by atoms with van der Waals surface area (Å²) in [6, 6.07) is 0. The number of nitrogens with one attached hydrogen (secondary N) is 2. The van der Waals surface area contributed by atoms with E-state index in [9.17, 15) is 18.0 Å². The number of carbonyl (C=O) groups is 2. The van der Waals surface area contributed by atoms with Gasteiger partial charge in [-0.15, -0.1) is 0 Å². The molecule has 2 fully saturated rings. The number of hydrogen-bond acceptors (Lipinski definition) is 4. The lowest BCUT2D eigenvalue weighted by Crippen LogP contribution is -2.37. The maximum atomic E-state index is 11.9. The van der Waals surface area contributed by atoms with E-state index in [1.807, 2.05) is 13.8 Å². The first-order chi connectivity index (χ1) is 10.8. The average Bonchev–Trinajstić information content (AvgIpc) is 3.37. The van der Waals surface area contributed by atoms with Crippen LogP contribution in [0, 0.1) is 23.7 Å². The SMILES string of the molecule is CC(C(=O)NCCS(=O)(=O)CCNC(=O)C(C)C1CC1)C1CC1. The molecule has 0 bridgehead atoms. The number of sulfone groups is 1. The number of hydrogen-bond donors (Lipinski definition) is 2. The molecule has 23 heavy (non-hydrogen) atoms. The first kappa shape index (κ1) is 18.2. The summed E-state index contributed by atoms with van der Waals surface area (Å²) in [6.45, 7) is 4.06. The molecule has 7 heteroatoms. The molecular weight excluding hydrogens is 316 g/mol. The van der Waals surface area contributed by atoms with Crippen molar-refractivity contribution >= 4 is 21.7 Å². The van der Waals surface area contributed by atoms with Gasteiger partial charge in [0.15, 0.2) is 9.84 Å². The highest BCUT2D eigenvalue weighted by atomic mass is 32.2. The van der Waals surface area contributed by atoms with Crippen LogP contribution in [0.5, 0.6) is 0 Å². The van der Waals surface area contributed by atoms with Gasteiger partial charge in [-0.25, -0.2) is 8.42 Å². The molecule has 2 aliphatic rings. The Hall–Kier alpha value is -1.11. The molecule has 2 N–H and O–H groups in total. The van der Waals surface area contributed by atoms with Gasteiger partial charge >= 0.3 is 0 Å². The Bertz CT molecular complexity index is 496. The molecule has 2 unspecified atom stereocenters. The van der Waals surface area contributed by atoms with Gasteiger partial charge in [0.1, 0.15) is 0 Å². The van der Waals surface area contributed by atoms with E-state index in [4.69, 9.17) is 0 Å². The normalized spacial score (nSPS) is 20.6. The fraction of sp³-hybridized carbons (Fsp3) is 0.875. The van der Waals surface area contributed by atoms with Crippen molar-refractivity contribution in [1.82, 2.24) is 10.6 Å². The molecule has 0 radical (unpaired) electrons. The lowest BCUT2D eigenvalue weighted by molar-refractivity contribution is -0.125. The third-order valence-corrected chi connectivity index (χ3v) is 6.56. The van der Waals surface area contributed by atoms with Gasteiger partial charge in [-0.05, 0) is 37.5 Å². The maximum Gasteiger partial charge on any atom is 0.223 e. The molecule has 2 atom stereocenters. The quantitative estimate of drug-likeness (QED) is 0.611. The molecule has 0 heterocycles. The van der Waals surface area contributed by atoms with Gasteiger partial charge in [-0.1, -0.05) is 13.8 Å². The molecule has 0 aromatic carbocycles. The first-order valence-electron chi connectivity index (χ1n) is 8.56. The van der Waals surface area contributed by atoms with Crippen molar-refractivity contribution in [2.45, 2.75) is 39.5 Å². The van der Waals surface area contributed by atoms with E-state index in [2.05, 4.69) is 10.6 Å². The number of rotatable bonds is 10. The zero-order valence-electron chi connectivity index (χ0n) is 14.0. The Balaban J connectivity index is 1.59. The van der Waals surface area contributed by atoms with Gasteiger partial charge < -0.3 is 10.6 Å². The second-order valence-corrected chi connectivity index (χ2v) is 9.29. The van der Waals surface area contributed by atoms with Crippen LogP contribution in [0.15, 0.2) is 0 Å². The van der Waals surface area contributed by atoms with E-state index in [1.165, 1.54) is 0 Å². The Morgan fingerprint density at radius 3 is 1.52 bits per heavy atom. The maximum absolute atomic E-state index is 11.9. The minimum Gasteiger partial charge on any atom is -0.355 e. The predicted molar refractivity (Wildman–Crippen MR) is 88.4 cm³/mol. The van der Waals surface area contributed by atoms with Crippen LogP contribution in [-0.4, -0.2) is 44.8 Å². The van der Waals surface area contributed by atoms with Crippen LogP contribution in [0.4, 0.5) is 0 Å². The molecule has 2 rings (SSSR count). The van der Waals surface area contributed by atoms with Crippen LogP contribution in [0.25, 0.3) is 0 Å². The van der Waals surface area contributed by atoms with Crippen molar-refractivity contribution in [3.63, 3.8) is 0 Å². The Labute approximate surface area is 138 Å². The average molecular weight is 344 g/mol. The number of carbonyl (C=O) groups excluding carboxylic acids is 2. The predicted octanol–water partition coefficient (Wildman–Crippen LogP) is 0.726. The molecule has 132 valence electrons. The first-order valence-corrected chi connectivity index (χ1v) is 10.4. The molecule has 6 nitrogen and oxygen atoms in total. The Morgan fingerprint density at radius 2 is 1.22 bits per heavy atom. The third kappa shape index (κ3) is 6.12. The molecule has 0 aromatic rings. The van der Waals surface area contributed by atoms with Crippen molar-refractivity contribution in [1.29, 1.82) is 0 Å². The smallest absolute Gasteiger partial charge is 0.223 e. The fourth-order valence-corrected chi connectivity index (χ4v) is 3.73. The highest BCUT2D eigenvalue weighted by Gasteiger charge is 2.33. The largest absolute Gasteiger partial charge is 0.355 e. The lowest BCUT2D eigenvalue weighted by Gasteiger charge is -2.12. The minimum atomic E-state index is -3.26. The summed E-state index contributed by atoms with van der Waals surface area (Å²) in [5, 5.41) is 5.39. The summed E-state index contributed by atoms with van der Waals surface area (Å²) in [4.78, 5) is 23.6. The van der Waals surface area contributed by atoms with Crippen molar-refractivity contribution in [3.05, 3.63) is 0 Å². The van der Waals surface area contributed by atoms with Crippen molar-refractivity contribution in [3.8, 4) is 0 Å².